The number of nitrogens with one attached hydrogen (secondary N) is 2. The summed E-state index contributed by atoms with van der Waals surface area (Å²) in [5, 5.41) is 7.00. The molecule has 2 bridgehead atoms. The van der Waals surface area contributed by atoms with Crippen molar-refractivity contribution in [3.63, 3.8) is 0 Å². The third-order valence-corrected chi connectivity index (χ3v) is 7.02. The molecule has 3 aromatic rings. The Kier molecular flexibility index (Phi) is 6.22. The summed E-state index contributed by atoms with van der Waals surface area (Å²) in [6.07, 6.45) is 0. The van der Waals surface area contributed by atoms with E-state index in [4.69, 9.17) is 26.4 Å². The number of ether oxygens (including phenoxy) is 3. The first-order valence-electron chi connectivity index (χ1n) is 11.9. The van der Waals surface area contributed by atoms with E-state index in [1.807, 2.05) is 92.4 Å². The Labute approximate surface area is 216 Å². The van der Waals surface area contributed by atoms with Crippen molar-refractivity contribution >= 4 is 34.6 Å². The van der Waals surface area contributed by atoms with Crippen LogP contribution in [0.1, 0.15) is 31.0 Å². The molecule has 3 aromatic carbocycles. The van der Waals surface area contributed by atoms with Crippen LogP contribution < -0.4 is 29.7 Å². The van der Waals surface area contributed by atoms with Crippen LogP contribution in [0.15, 0.2) is 66.7 Å². The molecule has 186 valence electrons. The number of nitrogens with zero attached hydrogens (tertiary/aromatic N) is 1. The lowest BCUT2D eigenvalue weighted by Crippen LogP contribution is -2.72. The van der Waals surface area contributed by atoms with Gasteiger partial charge in [0.2, 0.25) is 5.91 Å². The van der Waals surface area contributed by atoms with E-state index in [-0.39, 0.29) is 5.91 Å². The summed E-state index contributed by atoms with van der Waals surface area (Å²) >= 11 is 5.84. The molecule has 2 aliphatic heterocycles. The zero-order valence-corrected chi connectivity index (χ0v) is 21.5. The minimum absolute atomic E-state index is 0.188. The second-order valence-corrected chi connectivity index (χ2v) is 9.44. The van der Waals surface area contributed by atoms with Gasteiger partial charge in [0.1, 0.15) is 11.7 Å². The Balaban J connectivity index is 1.61. The van der Waals surface area contributed by atoms with Crippen molar-refractivity contribution in [2.75, 3.05) is 23.9 Å². The first kappa shape index (κ1) is 23.9. The van der Waals surface area contributed by atoms with E-state index in [1.54, 1.807) is 7.11 Å². The van der Waals surface area contributed by atoms with E-state index in [9.17, 15) is 4.79 Å². The van der Waals surface area contributed by atoms with Crippen molar-refractivity contribution in [3.05, 3.63) is 77.9 Å². The molecule has 0 spiro atoms. The quantitative estimate of drug-likeness (QED) is 0.448. The number of para-hydroxylation sites is 1. The lowest BCUT2D eigenvalue weighted by Gasteiger charge is -2.56. The summed E-state index contributed by atoms with van der Waals surface area (Å²) in [4.78, 5) is 15.8. The summed E-state index contributed by atoms with van der Waals surface area (Å²) in [5.74, 6) is 1.14. The summed E-state index contributed by atoms with van der Waals surface area (Å²) in [6, 6.07) is 20.6. The van der Waals surface area contributed by atoms with E-state index in [0.717, 1.165) is 16.8 Å². The molecule has 2 aliphatic rings. The van der Waals surface area contributed by atoms with Crippen LogP contribution in [0, 0.1) is 12.8 Å². The second-order valence-electron chi connectivity index (χ2n) is 9.06. The van der Waals surface area contributed by atoms with E-state index >= 15 is 0 Å². The molecule has 7 nitrogen and oxygen atoms in total. The maximum absolute atomic E-state index is 13.9. The lowest BCUT2D eigenvalue weighted by molar-refractivity contribution is -0.130. The van der Waals surface area contributed by atoms with Gasteiger partial charge in [0.15, 0.2) is 22.3 Å². The molecule has 2 N–H and O–H groups in total. The molecule has 1 amide bonds. The number of benzene rings is 3. The van der Waals surface area contributed by atoms with Gasteiger partial charge in [-0.2, -0.15) is 0 Å². The van der Waals surface area contributed by atoms with Gasteiger partial charge in [-0.3, -0.25) is 9.69 Å². The maximum atomic E-state index is 13.9. The number of methoxy groups -OCH3 is 1. The van der Waals surface area contributed by atoms with Crippen molar-refractivity contribution in [3.8, 4) is 17.2 Å². The Hall–Kier alpha value is -3.78. The van der Waals surface area contributed by atoms with Crippen molar-refractivity contribution in [2.24, 2.45) is 5.92 Å². The van der Waals surface area contributed by atoms with E-state index in [1.165, 1.54) is 0 Å². The first-order chi connectivity index (χ1) is 17.4. The van der Waals surface area contributed by atoms with Crippen molar-refractivity contribution < 1.29 is 19.0 Å². The van der Waals surface area contributed by atoms with Gasteiger partial charge in [0, 0.05) is 16.9 Å². The number of anilines is 2. The predicted octanol–water partition coefficient (Wildman–Crippen LogP) is 5.20. The second kappa shape index (κ2) is 9.35. The largest absolute Gasteiger partial charge is 0.497 e. The highest BCUT2D eigenvalue weighted by Gasteiger charge is 2.59. The zero-order valence-electron chi connectivity index (χ0n) is 20.7. The molecule has 0 aliphatic carbocycles. The molecule has 0 radical (unpaired) electrons. The molecular weight excluding hydrogens is 474 g/mol. The summed E-state index contributed by atoms with van der Waals surface area (Å²) in [6.45, 7) is 6.37. The Morgan fingerprint density at radius 2 is 1.86 bits per heavy atom. The molecule has 36 heavy (non-hydrogen) atoms. The number of hydrogen-bond donors (Lipinski definition) is 2. The fraction of sp³-hybridized carbons (Fsp3) is 0.286. The monoisotopic (exact) mass is 503 g/mol. The normalized spacial score (nSPS) is 22.1. The number of carbonyl (C=O) groups excluding carboxylic acids is 1. The van der Waals surface area contributed by atoms with E-state index < -0.39 is 17.7 Å². The van der Waals surface area contributed by atoms with Crippen molar-refractivity contribution in [1.29, 1.82) is 0 Å². The third kappa shape index (κ3) is 4.01. The zero-order chi connectivity index (χ0) is 25.4. The van der Waals surface area contributed by atoms with Crippen LogP contribution in [0.5, 0.6) is 17.2 Å². The van der Waals surface area contributed by atoms with Crippen LogP contribution in [0.25, 0.3) is 0 Å². The van der Waals surface area contributed by atoms with Gasteiger partial charge in [-0.15, -0.1) is 0 Å². The molecule has 0 aromatic heterocycles. The van der Waals surface area contributed by atoms with Crippen LogP contribution in [0.2, 0.25) is 0 Å². The van der Waals surface area contributed by atoms with Gasteiger partial charge in [-0.05, 0) is 75.5 Å². The number of aryl methyl sites for hydroxylation is 1. The average molecular weight is 504 g/mol. The summed E-state index contributed by atoms with van der Waals surface area (Å²) < 4.78 is 17.9. The first-order valence-corrected chi connectivity index (χ1v) is 12.3. The number of amides is 1. The fourth-order valence-electron chi connectivity index (χ4n) is 5.02. The smallest absolute Gasteiger partial charge is 0.236 e. The highest BCUT2D eigenvalue weighted by molar-refractivity contribution is 7.80. The van der Waals surface area contributed by atoms with Crippen LogP contribution >= 0.6 is 12.2 Å². The Bertz CT molecular complexity index is 1300. The lowest BCUT2D eigenvalue weighted by atomic mass is 9.78. The molecule has 5 rings (SSSR count). The number of rotatable bonds is 6. The molecule has 8 heteroatoms. The Morgan fingerprint density at radius 3 is 2.53 bits per heavy atom. The predicted molar refractivity (Wildman–Crippen MR) is 144 cm³/mol. The molecule has 3 unspecified atom stereocenters. The van der Waals surface area contributed by atoms with Gasteiger partial charge in [-0.1, -0.05) is 29.8 Å². The van der Waals surface area contributed by atoms with Gasteiger partial charge in [0.25, 0.3) is 0 Å². The number of thiocarbonyl (C=S) groups is 1. The minimum atomic E-state index is -1.13. The third-order valence-electron chi connectivity index (χ3n) is 6.72. The molecule has 0 saturated carbocycles. The summed E-state index contributed by atoms with van der Waals surface area (Å²) in [7, 11) is 1.61. The van der Waals surface area contributed by atoms with E-state index in [2.05, 4.69) is 10.6 Å². The molecular formula is C28H29N3O4S. The number of carbonyl (C=O) groups is 1. The highest BCUT2D eigenvalue weighted by atomic mass is 32.1. The number of fused-ring (bicyclic) bond motifs is 4. The Morgan fingerprint density at radius 1 is 1.14 bits per heavy atom. The van der Waals surface area contributed by atoms with Gasteiger partial charge in [-0.25, -0.2) is 0 Å². The standard InChI is InChI=1S/C28H29N3O4S/c1-5-34-22-8-6-7-21-24-23(26(32)29-18-11-15-20(33-4)16-12-18)28(3,35-25(21)22)31(27(36)30-24)19-13-9-17(2)10-14-19/h6-16,23-24H,5H2,1-4H3,(H,29,32)(H,30,36). The van der Waals surface area contributed by atoms with Gasteiger partial charge < -0.3 is 24.8 Å². The van der Waals surface area contributed by atoms with Gasteiger partial charge >= 0.3 is 0 Å². The van der Waals surface area contributed by atoms with Gasteiger partial charge in [0.05, 0.1) is 19.8 Å². The number of hydrogen-bond acceptors (Lipinski definition) is 5. The van der Waals surface area contributed by atoms with Crippen LogP contribution in [-0.2, 0) is 4.79 Å². The van der Waals surface area contributed by atoms with Crippen molar-refractivity contribution in [1.82, 2.24) is 5.32 Å². The topological polar surface area (TPSA) is 72.1 Å². The summed E-state index contributed by atoms with van der Waals surface area (Å²) in [5.41, 5.74) is 2.33. The highest BCUT2D eigenvalue weighted by Crippen LogP contribution is 2.52. The average Bonchev–Trinajstić information content (AvgIpc) is 2.86. The maximum Gasteiger partial charge on any atom is 0.236 e. The molecule has 1 fully saturated rings. The van der Waals surface area contributed by atoms with Crippen LogP contribution in [0.4, 0.5) is 11.4 Å². The molecule has 3 atom stereocenters. The van der Waals surface area contributed by atoms with E-state index in [0.29, 0.717) is 34.7 Å². The SMILES string of the molecule is CCOc1cccc2c1OC1(C)C(C(=O)Nc3ccc(OC)cc3)C2NC(=S)N1c1ccc(C)cc1. The minimum Gasteiger partial charge on any atom is -0.497 e. The molecule has 2 heterocycles. The van der Waals surface area contributed by atoms with Crippen LogP contribution in [-0.4, -0.2) is 30.5 Å². The van der Waals surface area contributed by atoms with Crippen LogP contribution in [0.3, 0.4) is 0 Å². The molecule has 1 saturated heterocycles. The van der Waals surface area contributed by atoms with Crippen molar-refractivity contribution in [2.45, 2.75) is 32.5 Å². The fourth-order valence-corrected chi connectivity index (χ4v) is 5.43.